The lowest BCUT2D eigenvalue weighted by atomic mass is 10.3. The third-order valence-electron chi connectivity index (χ3n) is 3.02. The third-order valence-corrected chi connectivity index (χ3v) is 4.84. The zero-order valence-corrected chi connectivity index (χ0v) is 12.7. The van der Waals surface area contributed by atoms with Crippen molar-refractivity contribution in [1.82, 2.24) is 20.0 Å². The van der Waals surface area contributed by atoms with Crippen LogP contribution in [-0.2, 0) is 9.05 Å². The molecule has 0 amide bonds. The lowest BCUT2D eigenvalue weighted by Crippen LogP contribution is -2.02. The van der Waals surface area contributed by atoms with E-state index in [2.05, 4.69) is 15.3 Å². The number of nitrogens with zero attached hydrogens (tertiary/aromatic N) is 4. The van der Waals surface area contributed by atoms with Gasteiger partial charge in [-0.05, 0) is 31.9 Å². The molecule has 0 aromatic carbocycles. The Bertz CT molecular complexity index is 766. The van der Waals surface area contributed by atoms with Crippen LogP contribution in [0.1, 0.15) is 30.1 Å². The number of aryl methyl sites for hydroxylation is 1. The molecule has 0 bridgehead atoms. The van der Waals surface area contributed by atoms with Crippen molar-refractivity contribution < 1.29 is 8.42 Å². The van der Waals surface area contributed by atoms with Gasteiger partial charge in [-0.1, -0.05) is 11.6 Å². The van der Waals surface area contributed by atoms with Gasteiger partial charge in [0.2, 0.25) is 0 Å². The Morgan fingerprint density at radius 3 is 2.50 bits per heavy atom. The summed E-state index contributed by atoms with van der Waals surface area (Å²) in [6.45, 7) is 1.80. The molecule has 3 rings (SSSR count). The smallest absolute Gasteiger partial charge is 0.207 e. The quantitative estimate of drug-likeness (QED) is 0.806. The minimum Gasteiger partial charge on any atom is -0.207 e. The van der Waals surface area contributed by atoms with Crippen LogP contribution in [0.25, 0.3) is 5.82 Å². The number of hydrogen-bond donors (Lipinski definition) is 0. The van der Waals surface area contributed by atoms with Gasteiger partial charge in [-0.15, -0.1) is 5.10 Å². The molecule has 1 aliphatic rings. The van der Waals surface area contributed by atoms with Gasteiger partial charge in [0.15, 0.2) is 11.0 Å². The second-order valence-electron chi connectivity index (χ2n) is 4.66. The molecule has 0 N–H and O–H groups in total. The van der Waals surface area contributed by atoms with Crippen molar-refractivity contribution in [3.63, 3.8) is 0 Å². The van der Waals surface area contributed by atoms with Crippen LogP contribution in [0.15, 0.2) is 17.0 Å². The molecule has 20 heavy (non-hydrogen) atoms. The molecule has 1 saturated carbocycles. The van der Waals surface area contributed by atoms with Crippen molar-refractivity contribution in [2.75, 3.05) is 0 Å². The summed E-state index contributed by atoms with van der Waals surface area (Å²) in [4.78, 5) is -0.120. The molecule has 1 fully saturated rings. The molecule has 2 aromatic rings. The molecule has 0 unspecified atom stereocenters. The van der Waals surface area contributed by atoms with E-state index in [0.29, 0.717) is 11.5 Å². The monoisotopic (exact) mass is 332 g/mol. The van der Waals surface area contributed by atoms with Gasteiger partial charge in [0, 0.05) is 16.6 Å². The van der Waals surface area contributed by atoms with Crippen molar-refractivity contribution in [3.8, 4) is 5.82 Å². The summed E-state index contributed by atoms with van der Waals surface area (Å²) in [6.07, 6.45) is 1.76. The number of rotatable bonds is 3. The van der Waals surface area contributed by atoms with E-state index in [1.54, 1.807) is 19.1 Å². The van der Waals surface area contributed by atoms with Crippen molar-refractivity contribution >= 4 is 31.3 Å². The molecular weight excluding hydrogens is 323 g/mol. The second-order valence-corrected chi connectivity index (χ2v) is 7.52. The van der Waals surface area contributed by atoms with Crippen molar-refractivity contribution in [2.45, 2.75) is 30.6 Å². The molecule has 2 aromatic heterocycles. The molecule has 1 aliphatic carbocycles. The van der Waals surface area contributed by atoms with E-state index in [1.807, 2.05) is 0 Å². The second kappa shape index (κ2) is 4.68. The van der Waals surface area contributed by atoms with Crippen LogP contribution >= 0.6 is 22.3 Å². The van der Waals surface area contributed by atoms with E-state index in [4.69, 9.17) is 22.3 Å². The van der Waals surface area contributed by atoms with E-state index >= 15 is 0 Å². The van der Waals surface area contributed by atoms with Crippen LogP contribution in [0.4, 0.5) is 0 Å². The standard InChI is InChI=1S/C11H10Cl2N4O2S/c1-6-2-5-8(15-14-6)17-11(12)10(20(13,18)19)9(16-17)7-3-4-7/h2,5,7H,3-4H2,1H3. The maximum Gasteiger partial charge on any atom is 0.266 e. The highest BCUT2D eigenvalue weighted by Crippen LogP contribution is 2.45. The van der Waals surface area contributed by atoms with E-state index in [9.17, 15) is 8.42 Å². The van der Waals surface area contributed by atoms with Crippen molar-refractivity contribution in [1.29, 1.82) is 0 Å². The number of aromatic nitrogens is 4. The Morgan fingerprint density at radius 1 is 1.30 bits per heavy atom. The van der Waals surface area contributed by atoms with E-state index < -0.39 is 9.05 Å². The van der Waals surface area contributed by atoms with Crippen LogP contribution in [-0.4, -0.2) is 28.4 Å². The summed E-state index contributed by atoms with van der Waals surface area (Å²) in [6, 6.07) is 3.41. The Labute approximate surface area is 125 Å². The molecule has 0 atom stereocenters. The molecule has 0 saturated heterocycles. The zero-order chi connectivity index (χ0) is 14.5. The summed E-state index contributed by atoms with van der Waals surface area (Å²) >= 11 is 6.13. The van der Waals surface area contributed by atoms with Crippen LogP contribution in [0, 0.1) is 6.92 Å². The highest BCUT2D eigenvalue weighted by molar-refractivity contribution is 8.13. The first kappa shape index (κ1) is 13.8. The average Bonchev–Trinajstić information content (AvgIpc) is 3.13. The van der Waals surface area contributed by atoms with Gasteiger partial charge >= 0.3 is 0 Å². The van der Waals surface area contributed by atoms with E-state index in [1.165, 1.54) is 4.68 Å². The fourth-order valence-electron chi connectivity index (χ4n) is 1.90. The molecule has 0 spiro atoms. The average molecular weight is 333 g/mol. The first-order valence-electron chi connectivity index (χ1n) is 5.91. The summed E-state index contributed by atoms with van der Waals surface area (Å²) in [5.41, 5.74) is 1.15. The molecule has 0 radical (unpaired) electrons. The predicted molar refractivity (Wildman–Crippen MR) is 73.9 cm³/mol. The van der Waals surface area contributed by atoms with Crippen LogP contribution in [0.3, 0.4) is 0 Å². The topological polar surface area (TPSA) is 77.7 Å². The molecule has 6 nitrogen and oxygen atoms in total. The van der Waals surface area contributed by atoms with Gasteiger partial charge in [0.05, 0.1) is 11.4 Å². The molecule has 106 valence electrons. The molecular formula is C11H10Cl2N4O2S. The highest BCUT2D eigenvalue weighted by Gasteiger charge is 2.36. The minimum absolute atomic E-state index is 0.0555. The summed E-state index contributed by atoms with van der Waals surface area (Å²) in [5.74, 6) is 0.449. The Kier molecular flexibility index (Phi) is 3.23. The summed E-state index contributed by atoms with van der Waals surface area (Å²) < 4.78 is 24.7. The van der Waals surface area contributed by atoms with E-state index in [0.717, 1.165) is 18.5 Å². The maximum absolute atomic E-state index is 11.7. The van der Waals surface area contributed by atoms with Gasteiger partial charge in [0.1, 0.15) is 4.90 Å². The first-order chi connectivity index (χ1) is 9.38. The van der Waals surface area contributed by atoms with Gasteiger partial charge in [-0.3, -0.25) is 0 Å². The molecule has 9 heteroatoms. The maximum atomic E-state index is 11.7. The highest BCUT2D eigenvalue weighted by atomic mass is 35.7. The van der Waals surface area contributed by atoms with Gasteiger partial charge < -0.3 is 0 Å². The van der Waals surface area contributed by atoms with Crippen molar-refractivity contribution in [3.05, 3.63) is 28.7 Å². The molecule has 2 heterocycles. The Hall–Kier alpha value is -1.18. The lowest BCUT2D eigenvalue weighted by molar-refractivity contribution is 0.608. The van der Waals surface area contributed by atoms with Gasteiger partial charge in [0.25, 0.3) is 9.05 Å². The largest absolute Gasteiger partial charge is 0.266 e. The fourth-order valence-corrected chi connectivity index (χ4v) is 3.75. The molecule has 0 aliphatic heterocycles. The normalized spacial score (nSPS) is 15.6. The van der Waals surface area contributed by atoms with Crippen LogP contribution in [0.5, 0.6) is 0 Å². The predicted octanol–water partition coefficient (Wildman–Crippen LogP) is 2.43. The fraction of sp³-hybridized carbons (Fsp3) is 0.364. The SMILES string of the molecule is Cc1ccc(-n2nc(C3CC3)c(S(=O)(=O)Cl)c2Cl)nn1. The third kappa shape index (κ3) is 2.41. The summed E-state index contributed by atoms with van der Waals surface area (Å²) in [7, 11) is 1.51. The van der Waals surface area contributed by atoms with Crippen LogP contribution < -0.4 is 0 Å². The van der Waals surface area contributed by atoms with Gasteiger partial charge in [-0.25, -0.2) is 13.1 Å². The Morgan fingerprint density at radius 2 is 2.00 bits per heavy atom. The summed E-state index contributed by atoms with van der Waals surface area (Å²) in [5, 5.41) is 12.1. The first-order valence-corrected chi connectivity index (χ1v) is 8.60. The van der Waals surface area contributed by atoms with Crippen molar-refractivity contribution in [2.24, 2.45) is 0 Å². The van der Waals surface area contributed by atoms with E-state index in [-0.39, 0.29) is 16.0 Å². The number of hydrogen-bond acceptors (Lipinski definition) is 5. The van der Waals surface area contributed by atoms with Crippen LogP contribution in [0.2, 0.25) is 5.15 Å². The zero-order valence-electron chi connectivity index (χ0n) is 10.4. The Balaban J connectivity index is 2.20. The minimum atomic E-state index is -3.96. The lowest BCUT2D eigenvalue weighted by Gasteiger charge is -2.01. The number of halogens is 2. The van der Waals surface area contributed by atoms with Gasteiger partial charge in [-0.2, -0.15) is 10.2 Å².